The second kappa shape index (κ2) is 38.7. The molecule has 0 aromatic carbocycles. The Balaban J connectivity index is 4.38. The van der Waals surface area contributed by atoms with E-state index in [1.54, 1.807) is 6.08 Å². The lowest BCUT2D eigenvalue weighted by molar-refractivity contribution is -0.161. The van der Waals surface area contributed by atoms with E-state index in [1.165, 1.54) is 51.4 Å². The molecule has 0 spiro atoms. The van der Waals surface area contributed by atoms with Crippen LogP contribution in [-0.2, 0) is 32.7 Å². The molecule has 0 saturated carbocycles. The van der Waals surface area contributed by atoms with Crippen LogP contribution in [0.5, 0.6) is 0 Å². The Kier molecular flexibility index (Phi) is 36.8. The van der Waals surface area contributed by atoms with E-state index in [9.17, 15) is 24.2 Å². The molecule has 4 N–H and O–H groups in total. The third-order valence-corrected chi connectivity index (χ3v) is 9.14. The normalized spacial score (nSPS) is 14.7. The van der Waals surface area contributed by atoms with Crippen LogP contribution in [0.1, 0.15) is 149 Å². The number of carbonyl (C=O) groups is 2. The molecule has 0 amide bonds. The number of phosphoric ester groups is 1. The van der Waals surface area contributed by atoms with Crippen molar-refractivity contribution in [3.8, 4) is 0 Å². The van der Waals surface area contributed by atoms with Crippen molar-refractivity contribution in [2.45, 2.75) is 161 Å². The fourth-order valence-electron chi connectivity index (χ4n) is 5.10. The molecule has 0 rings (SSSR count). The lowest BCUT2D eigenvalue weighted by Gasteiger charge is -2.19. The quantitative estimate of drug-likeness (QED) is 0.0182. The van der Waals surface area contributed by atoms with Gasteiger partial charge in [0.1, 0.15) is 6.61 Å². The van der Waals surface area contributed by atoms with E-state index in [1.807, 2.05) is 42.5 Å². The number of allylic oxidation sites excluding steroid dienone is 10. The molecule has 0 bridgehead atoms. The number of phosphoric acid groups is 1. The van der Waals surface area contributed by atoms with E-state index in [2.05, 4.69) is 38.2 Å². The van der Waals surface area contributed by atoms with Gasteiger partial charge in [0.15, 0.2) is 6.10 Å². The molecule has 0 aliphatic rings. The lowest BCUT2D eigenvalue weighted by Crippen LogP contribution is -2.29. The van der Waals surface area contributed by atoms with Crippen LogP contribution in [0.15, 0.2) is 72.9 Å². The zero-order valence-electron chi connectivity index (χ0n) is 33.5. The van der Waals surface area contributed by atoms with Crippen LogP contribution in [0, 0.1) is 0 Å². The molecular weight excluding hydrogens is 705 g/mol. The van der Waals surface area contributed by atoms with Crippen molar-refractivity contribution in [1.29, 1.82) is 0 Å². The number of carbonyl (C=O) groups excluding carboxylic acids is 2. The molecule has 0 aromatic heterocycles. The van der Waals surface area contributed by atoms with Gasteiger partial charge in [-0.15, -0.1) is 0 Å². The van der Waals surface area contributed by atoms with E-state index < -0.39 is 38.6 Å². The Bertz CT molecular complexity index is 1130. The van der Waals surface area contributed by atoms with Crippen LogP contribution < -0.4 is 5.73 Å². The first-order valence-electron chi connectivity index (χ1n) is 20.5. The molecule has 0 aliphatic carbocycles. The summed E-state index contributed by atoms with van der Waals surface area (Å²) in [5.41, 5.74) is 5.33. The zero-order chi connectivity index (χ0) is 39.8. The maximum atomic E-state index is 12.5. The van der Waals surface area contributed by atoms with Crippen LogP contribution in [0.2, 0.25) is 0 Å². The predicted molar refractivity (Wildman–Crippen MR) is 221 cm³/mol. The average Bonchev–Trinajstić information content (AvgIpc) is 3.15. The Morgan fingerprint density at radius 3 is 1.96 bits per heavy atom. The van der Waals surface area contributed by atoms with E-state index in [-0.39, 0.29) is 32.6 Å². The second-order valence-corrected chi connectivity index (χ2v) is 14.8. The number of esters is 2. The summed E-state index contributed by atoms with van der Waals surface area (Å²) in [4.78, 5) is 34.8. The van der Waals surface area contributed by atoms with E-state index in [0.717, 1.165) is 38.5 Å². The maximum Gasteiger partial charge on any atom is 0.472 e. The fourth-order valence-corrected chi connectivity index (χ4v) is 5.87. The molecule has 54 heavy (non-hydrogen) atoms. The molecule has 0 fully saturated rings. The van der Waals surface area contributed by atoms with Gasteiger partial charge in [0, 0.05) is 19.4 Å². The SMILES string of the molecule is CC/C=C\C/C=C\CC(O)/C=C/C=C\C/C=C\CCCC(=O)O[C@H](COC(=O)CCCCCCCCC/C=C\CCCCCC)COP(=O)(O)OCCN. The highest BCUT2D eigenvalue weighted by Gasteiger charge is 2.25. The summed E-state index contributed by atoms with van der Waals surface area (Å²) in [5, 5.41) is 10.0. The largest absolute Gasteiger partial charge is 0.472 e. The lowest BCUT2D eigenvalue weighted by atomic mass is 10.1. The molecule has 0 aliphatic heterocycles. The van der Waals surface area contributed by atoms with Gasteiger partial charge in [0.25, 0.3) is 0 Å². The summed E-state index contributed by atoms with van der Waals surface area (Å²) in [7, 11) is -4.41. The topological polar surface area (TPSA) is 155 Å². The van der Waals surface area contributed by atoms with Gasteiger partial charge in [-0.1, -0.05) is 138 Å². The molecule has 310 valence electrons. The second-order valence-electron chi connectivity index (χ2n) is 13.3. The Hall–Kier alpha value is -2.59. The van der Waals surface area contributed by atoms with Crippen LogP contribution in [0.25, 0.3) is 0 Å². The highest BCUT2D eigenvalue weighted by atomic mass is 31.2. The van der Waals surface area contributed by atoms with Crippen molar-refractivity contribution in [2.24, 2.45) is 5.73 Å². The summed E-state index contributed by atoms with van der Waals surface area (Å²) in [6, 6.07) is 0. The van der Waals surface area contributed by atoms with Crippen LogP contribution in [0.3, 0.4) is 0 Å². The third kappa shape index (κ3) is 37.7. The van der Waals surface area contributed by atoms with Crippen LogP contribution >= 0.6 is 7.82 Å². The molecule has 11 heteroatoms. The van der Waals surface area contributed by atoms with Gasteiger partial charge in [-0.3, -0.25) is 18.6 Å². The van der Waals surface area contributed by atoms with Crippen molar-refractivity contribution in [2.75, 3.05) is 26.4 Å². The van der Waals surface area contributed by atoms with Gasteiger partial charge < -0.3 is 25.2 Å². The molecular formula is C43H74NO9P. The van der Waals surface area contributed by atoms with Crippen molar-refractivity contribution in [3.63, 3.8) is 0 Å². The molecule has 0 radical (unpaired) electrons. The molecule has 0 heterocycles. The fraction of sp³-hybridized carbons (Fsp3) is 0.674. The molecule has 0 saturated heterocycles. The summed E-state index contributed by atoms with van der Waals surface area (Å²) in [6.07, 6.45) is 42.5. The first-order chi connectivity index (χ1) is 26.2. The number of ether oxygens (including phenoxy) is 2. The Morgan fingerprint density at radius 1 is 0.667 bits per heavy atom. The van der Waals surface area contributed by atoms with Crippen molar-refractivity contribution >= 4 is 19.8 Å². The standard InChI is InChI=1S/C43H74NO9P/c1-3-5-7-9-11-12-13-14-15-16-17-18-22-26-30-34-42(46)50-38-41(39-52-54(48,49)51-37-36-44)53-43(47)35-31-27-23-20-19-21-25-29-33-40(45)32-28-24-10-8-6-4-2/h6,8,12-13,20-21,23-25,28-29,33,40-41,45H,3-5,7,9-11,14-19,22,26-27,30-32,34-39,44H2,1-2H3,(H,48,49)/b8-6-,13-12-,23-20-,25-21-,28-24-,33-29+/t40?,41-/m1/s1. The Labute approximate surface area is 327 Å². The summed E-state index contributed by atoms with van der Waals surface area (Å²) in [5.74, 6) is -0.948. The third-order valence-electron chi connectivity index (χ3n) is 8.16. The molecule has 2 unspecified atom stereocenters. The van der Waals surface area contributed by atoms with Crippen molar-refractivity contribution in [1.82, 2.24) is 0 Å². The van der Waals surface area contributed by atoms with E-state index >= 15 is 0 Å². The Morgan fingerprint density at radius 2 is 1.26 bits per heavy atom. The first kappa shape index (κ1) is 51.4. The number of aliphatic hydroxyl groups is 1. The van der Waals surface area contributed by atoms with Crippen molar-refractivity contribution in [3.05, 3.63) is 72.9 Å². The molecule has 0 aromatic rings. The number of aliphatic hydroxyl groups excluding tert-OH is 1. The predicted octanol–water partition coefficient (Wildman–Crippen LogP) is 10.5. The van der Waals surface area contributed by atoms with Crippen LogP contribution in [-0.4, -0.2) is 60.5 Å². The average molecular weight is 780 g/mol. The summed E-state index contributed by atoms with van der Waals surface area (Å²) < 4.78 is 32.6. The van der Waals surface area contributed by atoms with E-state index in [4.69, 9.17) is 24.3 Å². The van der Waals surface area contributed by atoms with Gasteiger partial charge in [-0.05, 0) is 70.6 Å². The molecule has 3 atom stereocenters. The highest BCUT2D eigenvalue weighted by Crippen LogP contribution is 2.43. The van der Waals surface area contributed by atoms with Gasteiger partial charge in [-0.25, -0.2) is 4.57 Å². The number of hydrogen-bond donors (Lipinski definition) is 3. The van der Waals surface area contributed by atoms with Gasteiger partial charge in [0.05, 0.1) is 19.3 Å². The van der Waals surface area contributed by atoms with Gasteiger partial charge >= 0.3 is 19.8 Å². The smallest absolute Gasteiger partial charge is 0.462 e. The van der Waals surface area contributed by atoms with E-state index in [0.29, 0.717) is 32.1 Å². The minimum absolute atomic E-state index is 0.0303. The summed E-state index contributed by atoms with van der Waals surface area (Å²) >= 11 is 0. The minimum Gasteiger partial charge on any atom is -0.462 e. The highest BCUT2D eigenvalue weighted by molar-refractivity contribution is 7.47. The summed E-state index contributed by atoms with van der Waals surface area (Å²) in [6.45, 7) is 3.42. The van der Waals surface area contributed by atoms with Gasteiger partial charge in [-0.2, -0.15) is 0 Å². The zero-order valence-corrected chi connectivity index (χ0v) is 34.4. The monoisotopic (exact) mass is 780 g/mol. The first-order valence-corrected chi connectivity index (χ1v) is 22.0. The number of rotatable bonds is 37. The molecule has 10 nitrogen and oxygen atoms in total. The number of hydrogen-bond acceptors (Lipinski definition) is 9. The van der Waals surface area contributed by atoms with Crippen molar-refractivity contribution < 1.29 is 42.7 Å². The maximum absolute atomic E-state index is 12.5. The number of unbranched alkanes of at least 4 members (excludes halogenated alkanes) is 12. The number of nitrogens with two attached hydrogens (primary N) is 1. The minimum atomic E-state index is -4.41. The van der Waals surface area contributed by atoms with Gasteiger partial charge in [0.2, 0.25) is 0 Å². The van der Waals surface area contributed by atoms with Crippen LogP contribution in [0.4, 0.5) is 0 Å².